The molecule has 10 heteroatoms. The summed E-state index contributed by atoms with van der Waals surface area (Å²) in [4.78, 5) is 0.0325. The van der Waals surface area contributed by atoms with E-state index < -0.39 is 20.0 Å². The molecule has 2 aromatic carbocycles. The Labute approximate surface area is 143 Å². The van der Waals surface area contributed by atoms with E-state index in [1.54, 1.807) is 24.4 Å². The summed E-state index contributed by atoms with van der Waals surface area (Å²) in [7, 11) is -7.18. The zero-order valence-electron chi connectivity index (χ0n) is 12.4. The van der Waals surface area contributed by atoms with Crippen LogP contribution in [-0.4, -0.2) is 27.5 Å². The smallest absolute Gasteiger partial charge is 0.261 e. The number of sulfonamides is 2. The van der Waals surface area contributed by atoms with Crippen LogP contribution in [0.1, 0.15) is 0 Å². The van der Waals surface area contributed by atoms with Crippen LogP contribution >= 0.6 is 11.5 Å². The van der Waals surface area contributed by atoms with Gasteiger partial charge in [-0.2, -0.15) is 4.37 Å². The zero-order chi connectivity index (χ0) is 17.4. The number of nitrogens with one attached hydrogen (secondary N) is 2. The molecule has 24 heavy (non-hydrogen) atoms. The lowest BCUT2D eigenvalue weighted by Crippen LogP contribution is -2.13. The molecule has 0 saturated heterocycles. The third-order valence-corrected chi connectivity index (χ3v) is 5.86. The second-order valence-corrected chi connectivity index (χ2v) is 9.35. The molecule has 3 aromatic rings. The van der Waals surface area contributed by atoms with Gasteiger partial charge in [0.2, 0.25) is 10.0 Å². The fraction of sp³-hybridized carbons (Fsp3) is 0.0714. The van der Waals surface area contributed by atoms with Gasteiger partial charge < -0.3 is 0 Å². The number of anilines is 2. The summed E-state index contributed by atoms with van der Waals surface area (Å²) in [6, 6.07) is 10.6. The number of nitrogens with zero attached hydrogens (tertiary/aromatic N) is 1. The molecule has 0 radical (unpaired) electrons. The summed E-state index contributed by atoms with van der Waals surface area (Å²) in [5.41, 5.74) is 0.725. The van der Waals surface area contributed by atoms with Gasteiger partial charge in [-0.3, -0.25) is 9.44 Å². The second kappa shape index (κ2) is 6.04. The molecule has 0 unspecified atom stereocenters. The van der Waals surface area contributed by atoms with Crippen molar-refractivity contribution in [2.24, 2.45) is 0 Å². The molecule has 3 rings (SSSR count). The molecule has 126 valence electrons. The van der Waals surface area contributed by atoms with E-state index in [0.717, 1.165) is 16.3 Å². The molecule has 0 aliphatic heterocycles. The molecular formula is C14H13N3O4S3. The molecule has 0 bridgehead atoms. The van der Waals surface area contributed by atoms with Crippen LogP contribution in [0.4, 0.5) is 11.4 Å². The standard InChI is InChI=1S/C14H13N3O4S3/c1-23(18,19)16-11-2-5-13(6-3-11)24(20,21)17-12-4-7-14-10(8-12)9-15-22-14/h2-9,16-17H,1H3. The minimum Gasteiger partial charge on any atom is -0.284 e. The Morgan fingerprint density at radius 3 is 2.25 bits per heavy atom. The lowest BCUT2D eigenvalue weighted by molar-refractivity contribution is 0.601. The first kappa shape index (κ1) is 16.7. The predicted molar refractivity (Wildman–Crippen MR) is 95.3 cm³/mol. The van der Waals surface area contributed by atoms with Gasteiger partial charge in [0, 0.05) is 23.0 Å². The molecule has 0 saturated carbocycles. The third kappa shape index (κ3) is 3.83. The van der Waals surface area contributed by atoms with Gasteiger partial charge in [-0.05, 0) is 54.0 Å². The maximum absolute atomic E-state index is 12.4. The maximum Gasteiger partial charge on any atom is 0.261 e. The zero-order valence-corrected chi connectivity index (χ0v) is 14.9. The van der Waals surface area contributed by atoms with Gasteiger partial charge in [0.15, 0.2) is 0 Å². The highest BCUT2D eigenvalue weighted by atomic mass is 32.2. The summed E-state index contributed by atoms with van der Waals surface area (Å²) in [6.45, 7) is 0. The molecule has 7 nitrogen and oxygen atoms in total. The molecule has 0 amide bonds. The van der Waals surface area contributed by atoms with Gasteiger partial charge in [-0.15, -0.1) is 0 Å². The SMILES string of the molecule is CS(=O)(=O)Nc1ccc(S(=O)(=O)Nc2ccc3sncc3c2)cc1. The molecule has 1 aromatic heterocycles. The summed E-state index contributed by atoms with van der Waals surface area (Å²) in [5.74, 6) is 0. The van der Waals surface area contributed by atoms with E-state index in [2.05, 4.69) is 13.8 Å². The fourth-order valence-corrected chi connectivity index (χ4v) is 4.31. The van der Waals surface area contributed by atoms with Crippen LogP contribution in [0, 0.1) is 0 Å². The minimum atomic E-state index is -3.77. The summed E-state index contributed by atoms with van der Waals surface area (Å²) in [6.07, 6.45) is 2.69. The fourth-order valence-electron chi connectivity index (χ4n) is 2.07. The highest BCUT2D eigenvalue weighted by Crippen LogP contribution is 2.24. The van der Waals surface area contributed by atoms with Crippen molar-refractivity contribution < 1.29 is 16.8 Å². The van der Waals surface area contributed by atoms with Crippen molar-refractivity contribution in [2.75, 3.05) is 15.7 Å². The van der Waals surface area contributed by atoms with Crippen molar-refractivity contribution in [3.8, 4) is 0 Å². The van der Waals surface area contributed by atoms with Crippen LogP contribution in [0.5, 0.6) is 0 Å². The quantitative estimate of drug-likeness (QED) is 0.704. The van der Waals surface area contributed by atoms with Crippen LogP contribution in [0.25, 0.3) is 10.1 Å². The normalized spacial score (nSPS) is 12.2. The Balaban J connectivity index is 1.84. The summed E-state index contributed by atoms with van der Waals surface area (Å²) in [5, 5.41) is 0.855. The van der Waals surface area contributed by atoms with Gasteiger partial charge in [0.05, 0.1) is 15.9 Å². The van der Waals surface area contributed by atoms with Crippen LogP contribution in [0.15, 0.2) is 53.6 Å². The predicted octanol–water partition coefficient (Wildman–Crippen LogP) is 2.47. The van der Waals surface area contributed by atoms with Gasteiger partial charge in [-0.1, -0.05) is 0 Å². The van der Waals surface area contributed by atoms with Gasteiger partial charge in [0.25, 0.3) is 10.0 Å². The van der Waals surface area contributed by atoms with Crippen LogP contribution in [-0.2, 0) is 20.0 Å². The van der Waals surface area contributed by atoms with E-state index in [-0.39, 0.29) is 4.90 Å². The Hall–Kier alpha value is -2.17. The van der Waals surface area contributed by atoms with Crippen molar-refractivity contribution in [1.29, 1.82) is 0 Å². The monoisotopic (exact) mass is 383 g/mol. The number of rotatable bonds is 5. The lowest BCUT2D eigenvalue weighted by Gasteiger charge is -2.09. The van der Waals surface area contributed by atoms with Crippen LogP contribution < -0.4 is 9.44 Å². The molecular weight excluding hydrogens is 370 g/mol. The summed E-state index contributed by atoms with van der Waals surface area (Å²) >= 11 is 1.33. The van der Waals surface area contributed by atoms with Crippen molar-refractivity contribution in [3.05, 3.63) is 48.7 Å². The third-order valence-electron chi connectivity index (χ3n) is 3.07. The largest absolute Gasteiger partial charge is 0.284 e. The first-order valence-electron chi connectivity index (χ1n) is 6.68. The number of fused-ring (bicyclic) bond motifs is 1. The van der Waals surface area contributed by atoms with Crippen molar-refractivity contribution in [1.82, 2.24) is 4.37 Å². The molecule has 0 aliphatic rings. The van der Waals surface area contributed by atoms with Crippen LogP contribution in [0.2, 0.25) is 0 Å². The highest BCUT2D eigenvalue weighted by Gasteiger charge is 2.15. The molecule has 0 spiro atoms. The Bertz CT molecular complexity index is 1090. The Morgan fingerprint density at radius 1 is 0.917 bits per heavy atom. The topological polar surface area (TPSA) is 105 Å². The van der Waals surface area contributed by atoms with Crippen LogP contribution in [0.3, 0.4) is 0 Å². The molecule has 0 atom stereocenters. The molecule has 2 N–H and O–H groups in total. The van der Waals surface area contributed by atoms with Gasteiger partial charge in [0.1, 0.15) is 0 Å². The van der Waals surface area contributed by atoms with E-state index in [9.17, 15) is 16.8 Å². The van der Waals surface area contributed by atoms with Gasteiger partial charge >= 0.3 is 0 Å². The Morgan fingerprint density at radius 2 is 1.58 bits per heavy atom. The highest BCUT2D eigenvalue weighted by molar-refractivity contribution is 7.92. The molecule has 0 aliphatic carbocycles. The summed E-state index contributed by atoms with van der Waals surface area (Å²) < 4.78 is 56.9. The second-order valence-electron chi connectivity index (χ2n) is 5.08. The van der Waals surface area contributed by atoms with E-state index in [1.807, 2.05) is 0 Å². The van der Waals surface area contributed by atoms with E-state index >= 15 is 0 Å². The molecule has 0 fully saturated rings. The van der Waals surface area contributed by atoms with Crippen molar-refractivity contribution in [2.45, 2.75) is 4.90 Å². The minimum absolute atomic E-state index is 0.0325. The van der Waals surface area contributed by atoms with Crippen molar-refractivity contribution >= 4 is 53.0 Å². The van der Waals surface area contributed by atoms with Gasteiger partial charge in [-0.25, -0.2) is 16.8 Å². The number of hydrogen-bond donors (Lipinski definition) is 2. The first-order chi connectivity index (χ1) is 11.2. The van der Waals surface area contributed by atoms with E-state index in [1.165, 1.54) is 35.8 Å². The Kier molecular flexibility index (Phi) is 4.20. The average Bonchev–Trinajstić information content (AvgIpc) is 2.93. The van der Waals surface area contributed by atoms with E-state index in [4.69, 9.17) is 0 Å². The van der Waals surface area contributed by atoms with E-state index in [0.29, 0.717) is 11.4 Å². The number of aromatic nitrogens is 1. The lowest BCUT2D eigenvalue weighted by atomic mass is 10.2. The average molecular weight is 383 g/mol. The maximum atomic E-state index is 12.4. The number of benzene rings is 2. The first-order valence-corrected chi connectivity index (χ1v) is 10.8. The molecule has 1 heterocycles. The number of hydrogen-bond acceptors (Lipinski definition) is 6. The van der Waals surface area contributed by atoms with Crippen molar-refractivity contribution in [3.63, 3.8) is 0 Å².